The van der Waals surface area contributed by atoms with Crippen LogP contribution in [0.15, 0.2) is 29.3 Å². The lowest BCUT2D eigenvalue weighted by Gasteiger charge is -2.55. The predicted octanol–water partition coefficient (Wildman–Crippen LogP) is 3.21. The molecule has 29 heavy (non-hydrogen) atoms. The van der Waals surface area contributed by atoms with Crippen LogP contribution in [0.1, 0.15) is 27.2 Å². The number of benzene rings is 1. The molecule has 0 radical (unpaired) electrons. The number of para-hydroxylation sites is 2. The number of anilines is 1. The summed E-state index contributed by atoms with van der Waals surface area (Å²) >= 11 is 0. The predicted molar refractivity (Wildman–Crippen MR) is 129 cm³/mol. The van der Waals surface area contributed by atoms with E-state index in [2.05, 4.69) is 48.0 Å². The Morgan fingerprint density at radius 3 is 2.66 bits per heavy atom. The number of nitrogens with zero attached hydrogens (tertiary/aromatic N) is 3. The Labute approximate surface area is 192 Å². The molecule has 1 aliphatic carbocycles. The van der Waals surface area contributed by atoms with E-state index in [1.807, 2.05) is 12.1 Å². The second-order valence-electron chi connectivity index (χ2n) is 8.63. The van der Waals surface area contributed by atoms with Crippen LogP contribution in [0.2, 0.25) is 0 Å². The van der Waals surface area contributed by atoms with E-state index in [-0.39, 0.29) is 29.4 Å². The zero-order valence-corrected chi connectivity index (χ0v) is 20.4. The van der Waals surface area contributed by atoms with Gasteiger partial charge in [0.1, 0.15) is 5.75 Å². The Bertz CT molecular complexity index is 719. The van der Waals surface area contributed by atoms with Crippen molar-refractivity contribution in [3.8, 4) is 5.75 Å². The van der Waals surface area contributed by atoms with Gasteiger partial charge in [-0.15, -0.1) is 24.0 Å². The van der Waals surface area contributed by atoms with Crippen molar-refractivity contribution in [3.05, 3.63) is 24.3 Å². The number of piperazine rings is 1. The van der Waals surface area contributed by atoms with Gasteiger partial charge in [-0.1, -0.05) is 26.0 Å². The molecule has 2 saturated heterocycles. The van der Waals surface area contributed by atoms with Crippen molar-refractivity contribution >= 4 is 35.6 Å². The summed E-state index contributed by atoms with van der Waals surface area (Å²) in [7, 11) is 1.74. The van der Waals surface area contributed by atoms with E-state index in [0.29, 0.717) is 18.1 Å². The van der Waals surface area contributed by atoms with Crippen molar-refractivity contribution in [3.63, 3.8) is 0 Å². The third-order valence-corrected chi connectivity index (χ3v) is 6.70. The van der Waals surface area contributed by atoms with Crippen LogP contribution in [-0.4, -0.2) is 69.4 Å². The fourth-order valence-electron chi connectivity index (χ4n) is 5.19. The molecule has 3 atom stereocenters. The van der Waals surface area contributed by atoms with E-state index in [9.17, 15) is 0 Å². The van der Waals surface area contributed by atoms with Gasteiger partial charge < -0.3 is 24.6 Å². The molecule has 162 valence electrons. The lowest BCUT2D eigenvalue weighted by atomic mass is 9.57. The summed E-state index contributed by atoms with van der Waals surface area (Å²) in [6, 6.07) is 8.72. The number of rotatable bonds is 4. The van der Waals surface area contributed by atoms with E-state index < -0.39 is 0 Å². The maximum atomic E-state index is 5.96. The molecule has 1 aromatic rings. The third-order valence-electron chi connectivity index (χ3n) is 6.70. The maximum Gasteiger partial charge on any atom is 0.194 e. The number of guanidine groups is 1. The normalized spacial score (nSPS) is 28.3. The standard InChI is InChI=1S/C22H34N4O2.HI/c1-5-23-21(24-19-16-10-15-28-20(16)22(19,2)3)26-13-11-25(12-14-26)17-8-6-7-9-18(17)27-4;/h6-9,16,19-20H,5,10-15H2,1-4H3,(H,23,24);1H. The average Bonchev–Trinajstić information content (AvgIpc) is 3.18. The number of ether oxygens (including phenoxy) is 2. The van der Waals surface area contributed by atoms with Crippen LogP contribution in [-0.2, 0) is 4.74 Å². The van der Waals surface area contributed by atoms with E-state index >= 15 is 0 Å². The Hall–Kier alpha value is -1.22. The first-order chi connectivity index (χ1) is 13.6. The molecule has 7 heteroatoms. The minimum atomic E-state index is 0. The molecule has 2 aliphatic heterocycles. The summed E-state index contributed by atoms with van der Waals surface area (Å²) < 4.78 is 11.5. The first kappa shape index (κ1) is 22.5. The number of fused-ring (bicyclic) bond motifs is 1. The zero-order chi connectivity index (χ0) is 19.7. The van der Waals surface area contributed by atoms with Gasteiger partial charge in [-0.2, -0.15) is 0 Å². The summed E-state index contributed by atoms with van der Waals surface area (Å²) in [4.78, 5) is 9.65. The number of methoxy groups -OCH3 is 1. The first-order valence-corrected chi connectivity index (χ1v) is 10.6. The molecular weight excluding hydrogens is 479 g/mol. The Morgan fingerprint density at radius 1 is 1.24 bits per heavy atom. The van der Waals surface area contributed by atoms with Crippen molar-refractivity contribution in [2.24, 2.45) is 16.3 Å². The highest BCUT2D eigenvalue weighted by atomic mass is 127. The molecule has 3 unspecified atom stereocenters. The van der Waals surface area contributed by atoms with Gasteiger partial charge in [0.15, 0.2) is 5.96 Å². The van der Waals surface area contributed by atoms with Crippen LogP contribution in [0, 0.1) is 11.3 Å². The summed E-state index contributed by atoms with van der Waals surface area (Å²) in [5.41, 5.74) is 1.34. The second-order valence-corrected chi connectivity index (χ2v) is 8.63. The highest BCUT2D eigenvalue weighted by molar-refractivity contribution is 14.0. The summed E-state index contributed by atoms with van der Waals surface area (Å²) in [6.45, 7) is 12.3. The van der Waals surface area contributed by atoms with E-state index in [1.54, 1.807) is 7.11 Å². The number of aliphatic imine (C=N–C) groups is 1. The Kier molecular flexibility index (Phi) is 7.19. The van der Waals surface area contributed by atoms with Crippen molar-refractivity contribution in [1.82, 2.24) is 10.2 Å². The molecule has 0 amide bonds. The van der Waals surface area contributed by atoms with Crippen LogP contribution >= 0.6 is 24.0 Å². The van der Waals surface area contributed by atoms with Gasteiger partial charge in [-0.3, -0.25) is 4.99 Å². The minimum Gasteiger partial charge on any atom is -0.495 e. The number of nitrogens with one attached hydrogen (secondary N) is 1. The van der Waals surface area contributed by atoms with Gasteiger partial charge >= 0.3 is 0 Å². The van der Waals surface area contributed by atoms with E-state index in [4.69, 9.17) is 14.5 Å². The fraction of sp³-hybridized carbons (Fsp3) is 0.682. The second kappa shape index (κ2) is 9.29. The maximum absolute atomic E-state index is 5.96. The molecule has 3 aliphatic rings. The van der Waals surface area contributed by atoms with Gasteiger partial charge in [-0.25, -0.2) is 0 Å². The zero-order valence-electron chi connectivity index (χ0n) is 18.1. The largest absolute Gasteiger partial charge is 0.495 e. The molecule has 0 aromatic heterocycles. The van der Waals surface area contributed by atoms with Crippen LogP contribution in [0.3, 0.4) is 0 Å². The number of hydrogen-bond acceptors (Lipinski definition) is 4. The minimum absolute atomic E-state index is 0. The van der Waals surface area contributed by atoms with Crippen LogP contribution in [0.4, 0.5) is 5.69 Å². The molecule has 0 bridgehead atoms. The molecular formula is C22H35IN4O2. The molecule has 0 spiro atoms. The molecule has 1 saturated carbocycles. The van der Waals surface area contributed by atoms with Crippen LogP contribution in [0.25, 0.3) is 0 Å². The van der Waals surface area contributed by atoms with Gasteiger partial charge in [0, 0.05) is 56.7 Å². The molecule has 3 fully saturated rings. The topological polar surface area (TPSA) is 49.3 Å². The van der Waals surface area contributed by atoms with Crippen molar-refractivity contribution < 1.29 is 9.47 Å². The van der Waals surface area contributed by atoms with E-state index in [1.165, 1.54) is 5.69 Å². The SMILES string of the molecule is CCN=C(NC1C2CCOC2C1(C)C)N1CCN(c2ccccc2OC)CC1.I. The van der Waals surface area contributed by atoms with Crippen molar-refractivity contribution in [2.75, 3.05) is 51.3 Å². The molecule has 1 aromatic carbocycles. The van der Waals surface area contributed by atoms with Gasteiger partial charge in [0.05, 0.1) is 18.9 Å². The van der Waals surface area contributed by atoms with Crippen molar-refractivity contribution in [2.45, 2.75) is 39.3 Å². The van der Waals surface area contributed by atoms with Crippen molar-refractivity contribution in [1.29, 1.82) is 0 Å². The Balaban J connectivity index is 0.00000240. The molecule has 1 N–H and O–H groups in total. The average molecular weight is 514 g/mol. The summed E-state index contributed by atoms with van der Waals surface area (Å²) in [5, 5.41) is 3.82. The number of hydrogen-bond donors (Lipinski definition) is 1. The lowest BCUT2D eigenvalue weighted by molar-refractivity contribution is -0.107. The Morgan fingerprint density at radius 2 is 1.97 bits per heavy atom. The first-order valence-electron chi connectivity index (χ1n) is 10.6. The quantitative estimate of drug-likeness (QED) is 0.380. The number of halogens is 1. The highest BCUT2D eigenvalue weighted by Crippen LogP contribution is 2.52. The van der Waals surface area contributed by atoms with Gasteiger partial charge in [-0.05, 0) is 25.5 Å². The highest BCUT2D eigenvalue weighted by Gasteiger charge is 2.59. The molecule has 2 heterocycles. The summed E-state index contributed by atoms with van der Waals surface area (Å²) in [6.07, 6.45) is 1.56. The van der Waals surface area contributed by atoms with Crippen LogP contribution < -0.4 is 15.0 Å². The van der Waals surface area contributed by atoms with Crippen LogP contribution in [0.5, 0.6) is 5.75 Å². The van der Waals surface area contributed by atoms with E-state index in [0.717, 1.165) is 57.5 Å². The smallest absolute Gasteiger partial charge is 0.194 e. The summed E-state index contributed by atoms with van der Waals surface area (Å²) in [5.74, 6) is 2.62. The lowest BCUT2D eigenvalue weighted by Crippen LogP contribution is -2.68. The van der Waals surface area contributed by atoms with Gasteiger partial charge in [0.25, 0.3) is 0 Å². The van der Waals surface area contributed by atoms with Gasteiger partial charge in [0.2, 0.25) is 0 Å². The molecule has 6 nitrogen and oxygen atoms in total. The monoisotopic (exact) mass is 514 g/mol. The fourth-order valence-corrected chi connectivity index (χ4v) is 5.19. The third kappa shape index (κ3) is 4.17. The molecule has 4 rings (SSSR count).